The number of hydrogen-bond acceptors (Lipinski definition) is 7. The van der Waals surface area contributed by atoms with Gasteiger partial charge in [-0.3, -0.25) is 4.79 Å². The molecule has 2 atom stereocenters. The summed E-state index contributed by atoms with van der Waals surface area (Å²) in [5.74, 6) is -0.708. The normalized spacial score (nSPS) is 16.3. The van der Waals surface area contributed by atoms with Gasteiger partial charge in [0.2, 0.25) is 0 Å². The van der Waals surface area contributed by atoms with E-state index < -0.39 is 29.5 Å². The van der Waals surface area contributed by atoms with E-state index in [4.69, 9.17) is 18.6 Å². The molecule has 3 aromatic carbocycles. The predicted octanol–water partition coefficient (Wildman–Crippen LogP) is 4.12. The third-order valence-corrected chi connectivity index (χ3v) is 5.96. The molecule has 1 aliphatic heterocycles. The largest absolute Gasteiger partial charge is 0.497 e. The molecule has 5 rings (SSSR count). The minimum atomic E-state index is -1.05. The SMILES string of the molecule is COC(=O)c1ccc([C@@H]2c3c(c4ccccc4oc3=O)O[C@@H]2C(=O)Nc2ccc(OC)cc2)cc1. The monoisotopic (exact) mass is 471 g/mol. The average Bonchev–Trinajstić information content (AvgIpc) is 3.31. The number of nitrogens with one attached hydrogen (secondary N) is 1. The fraction of sp³-hybridized carbons (Fsp3) is 0.148. The van der Waals surface area contributed by atoms with Gasteiger partial charge in [-0.05, 0) is 54.1 Å². The molecule has 1 amide bonds. The molecule has 1 aliphatic rings. The second-order valence-corrected chi connectivity index (χ2v) is 7.98. The van der Waals surface area contributed by atoms with E-state index in [1.807, 2.05) is 0 Å². The first-order valence-electron chi connectivity index (χ1n) is 10.9. The van der Waals surface area contributed by atoms with Crippen molar-refractivity contribution in [3.05, 3.63) is 99.9 Å². The molecule has 0 fully saturated rings. The minimum Gasteiger partial charge on any atom is -0.497 e. The lowest BCUT2D eigenvalue weighted by molar-refractivity contribution is -0.122. The molecule has 8 heteroatoms. The number of fused-ring (bicyclic) bond motifs is 3. The molecule has 0 spiro atoms. The van der Waals surface area contributed by atoms with Gasteiger partial charge in [-0.1, -0.05) is 24.3 Å². The van der Waals surface area contributed by atoms with Crippen LogP contribution in [0.4, 0.5) is 5.69 Å². The van der Waals surface area contributed by atoms with E-state index in [9.17, 15) is 14.4 Å². The molecule has 0 radical (unpaired) electrons. The van der Waals surface area contributed by atoms with Gasteiger partial charge in [0, 0.05) is 5.69 Å². The number of benzene rings is 3. The number of anilines is 1. The van der Waals surface area contributed by atoms with Crippen LogP contribution < -0.4 is 20.4 Å². The van der Waals surface area contributed by atoms with Gasteiger partial charge in [-0.2, -0.15) is 0 Å². The number of carbonyl (C=O) groups excluding carboxylic acids is 2. The summed E-state index contributed by atoms with van der Waals surface area (Å²) in [5, 5.41) is 3.45. The molecule has 4 aromatic rings. The number of hydrogen-bond donors (Lipinski definition) is 1. The highest BCUT2D eigenvalue weighted by Crippen LogP contribution is 2.44. The number of amides is 1. The number of esters is 1. The topological polar surface area (TPSA) is 104 Å². The lowest BCUT2D eigenvalue weighted by atomic mass is 9.87. The van der Waals surface area contributed by atoms with Crippen molar-refractivity contribution in [2.24, 2.45) is 0 Å². The van der Waals surface area contributed by atoms with E-state index in [0.29, 0.717) is 39.3 Å². The molecule has 176 valence electrons. The average molecular weight is 471 g/mol. The fourth-order valence-corrected chi connectivity index (χ4v) is 4.26. The zero-order valence-electron chi connectivity index (χ0n) is 18.9. The smallest absolute Gasteiger partial charge is 0.344 e. The molecule has 8 nitrogen and oxygen atoms in total. The molecule has 1 N–H and O–H groups in total. The standard InChI is InChI=1S/C27H21NO7/c1-32-18-13-11-17(12-14-18)28-25(29)24-21(15-7-9-16(10-8-15)26(30)33-2)22-23(35-24)19-5-3-4-6-20(19)34-27(22)31/h3-14,21,24H,1-2H3,(H,28,29)/t21-,24+/m1/s1. The van der Waals surface area contributed by atoms with Crippen LogP contribution in [0.3, 0.4) is 0 Å². The van der Waals surface area contributed by atoms with Crippen molar-refractivity contribution in [2.75, 3.05) is 19.5 Å². The maximum absolute atomic E-state index is 13.4. The first-order chi connectivity index (χ1) is 17.0. The summed E-state index contributed by atoms with van der Waals surface area (Å²) >= 11 is 0. The number of carbonyl (C=O) groups is 2. The number of ether oxygens (including phenoxy) is 3. The molecule has 0 saturated heterocycles. The Hall–Kier alpha value is -4.59. The van der Waals surface area contributed by atoms with Gasteiger partial charge in [0.15, 0.2) is 6.10 Å². The van der Waals surface area contributed by atoms with E-state index in [2.05, 4.69) is 5.32 Å². The van der Waals surface area contributed by atoms with Crippen molar-refractivity contribution < 1.29 is 28.2 Å². The summed E-state index contributed by atoms with van der Waals surface area (Å²) in [4.78, 5) is 38.4. The van der Waals surface area contributed by atoms with Crippen LogP contribution in [0.25, 0.3) is 11.0 Å². The van der Waals surface area contributed by atoms with Crippen molar-refractivity contribution in [3.63, 3.8) is 0 Å². The summed E-state index contributed by atoms with van der Waals surface area (Å²) < 4.78 is 21.6. The molecule has 0 aliphatic carbocycles. The Bertz CT molecular complexity index is 1470. The number of para-hydroxylation sites is 1. The van der Waals surface area contributed by atoms with E-state index in [-0.39, 0.29) is 5.56 Å². The van der Waals surface area contributed by atoms with E-state index in [1.54, 1.807) is 79.9 Å². The summed E-state index contributed by atoms with van der Waals surface area (Å²) in [6, 6.07) is 20.4. The van der Waals surface area contributed by atoms with Crippen LogP contribution in [0, 0.1) is 0 Å². The molecule has 1 aromatic heterocycles. The van der Waals surface area contributed by atoms with Crippen LogP contribution in [0.1, 0.15) is 27.4 Å². The van der Waals surface area contributed by atoms with Crippen LogP contribution in [-0.4, -0.2) is 32.2 Å². The van der Waals surface area contributed by atoms with Gasteiger partial charge in [0.25, 0.3) is 5.91 Å². The summed E-state index contributed by atoms with van der Waals surface area (Å²) in [6.45, 7) is 0. The molecular formula is C27H21NO7. The van der Waals surface area contributed by atoms with Gasteiger partial charge >= 0.3 is 11.6 Å². The fourth-order valence-electron chi connectivity index (χ4n) is 4.26. The van der Waals surface area contributed by atoms with E-state index >= 15 is 0 Å². The third-order valence-electron chi connectivity index (χ3n) is 5.96. The van der Waals surface area contributed by atoms with Crippen LogP contribution in [0.15, 0.2) is 82.0 Å². The first-order valence-corrected chi connectivity index (χ1v) is 10.9. The lowest BCUT2D eigenvalue weighted by Gasteiger charge is -2.19. The molecule has 0 bridgehead atoms. The summed E-state index contributed by atoms with van der Waals surface area (Å²) in [5.41, 5.74) is 1.55. The lowest BCUT2D eigenvalue weighted by Crippen LogP contribution is -2.35. The summed E-state index contributed by atoms with van der Waals surface area (Å²) in [6.07, 6.45) is -1.05. The maximum atomic E-state index is 13.4. The highest BCUT2D eigenvalue weighted by Gasteiger charge is 2.44. The highest BCUT2D eigenvalue weighted by atomic mass is 16.5. The van der Waals surface area contributed by atoms with Crippen molar-refractivity contribution in [1.82, 2.24) is 0 Å². The van der Waals surface area contributed by atoms with Crippen LogP contribution in [0.5, 0.6) is 11.5 Å². The Labute approximate surface area is 200 Å². The van der Waals surface area contributed by atoms with Crippen LogP contribution >= 0.6 is 0 Å². The van der Waals surface area contributed by atoms with Crippen molar-refractivity contribution in [2.45, 2.75) is 12.0 Å². The van der Waals surface area contributed by atoms with Gasteiger partial charge < -0.3 is 23.9 Å². The van der Waals surface area contributed by atoms with Crippen LogP contribution in [0.2, 0.25) is 0 Å². The third kappa shape index (κ3) is 3.99. The number of methoxy groups -OCH3 is 2. The number of rotatable bonds is 5. The van der Waals surface area contributed by atoms with Gasteiger partial charge in [0.1, 0.15) is 17.1 Å². The first kappa shape index (κ1) is 22.2. The molecule has 35 heavy (non-hydrogen) atoms. The molecule has 2 heterocycles. The summed E-state index contributed by atoms with van der Waals surface area (Å²) in [7, 11) is 2.86. The zero-order chi connectivity index (χ0) is 24.5. The Morgan fingerprint density at radius 2 is 1.63 bits per heavy atom. The Kier molecular flexibility index (Phi) is 5.70. The molecular weight excluding hydrogens is 450 g/mol. The van der Waals surface area contributed by atoms with Crippen molar-refractivity contribution in [1.29, 1.82) is 0 Å². The van der Waals surface area contributed by atoms with Gasteiger partial charge in [-0.25, -0.2) is 9.59 Å². The maximum Gasteiger partial charge on any atom is 0.344 e. The van der Waals surface area contributed by atoms with Crippen molar-refractivity contribution in [3.8, 4) is 11.5 Å². The van der Waals surface area contributed by atoms with E-state index in [1.165, 1.54) is 7.11 Å². The Balaban J connectivity index is 1.58. The molecule has 0 saturated carbocycles. The molecule has 0 unspecified atom stereocenters. The van der Waals surface area contributed by atoms with Crippen molar-refractivity contribution >= 4 is 28.5 Å². The predicted molar refractivity (Wildman–Crippen MR) is 128 cm³/mol. The van der Waals surface area contributed by atoms with Gasteiger partial charge in [-0.15, -0.1) is 0 Å². The minimum absolute atomic E-state index is 0.254. The Morgan fingerprint density at radius 3 is 2.31 bits per heavy atom. The zero-order valence-corrected chi connectivity index (χ0v) is 18.9. The highest BCUT2D eigenvalue weighted by molar-refractivity contribution is 5.98. The van der Waals surface area contributed by atoms with Gasteiger partial charge in [0.05, 0.1) is 36.7 Å². The van der Waals surface area contributed by atoms with Crippen LogP contribution in [-0.2, 0) is 9.53 Å². The van der Waals surface area contributed by atoms with E-state index in [0.717, 1.165) is 0 Å². The quantitative estimate of drug-likeness (QED) is 0.345. The second-order valence-electron chi connectivity index (χ2n) is 7.98. The second kappa shape index (κ2) is 8.98. The Morgan fingerprint density at radius 1 is 0.914 bits per heavy atom.